The summed E-state index contributed by atoms with van der Waals surface area (Å²) in [4.78, 5) is 0. The van der Waals surface area contributed by atoms with Crippen LogP contribution < -0.4 is 15.2 Å². The SMILES string of the molecule is NCCCc1c(O)c(Cl)cc2c1OCCCO2. The molecule has 1 aliphatic rings. The molecule has 0 fully saturated rings. The molecule has 0 radical (unpaired) electrons. The molecule has 0 unspecified atom stereocenters. The zero-order valence-electron chi connectivity index (χ0n) is 9.54. The lowest BCUT2D eigenvalue weighted by atomic mass is 10.1. The zero-order valence-corrected chi connectivity index (χ0v) is 10.3. The second kappa shape index (κ2) is 5.47. The lowest BCUT2D eigenvalue weighted by Crippen LogP contribution is -2.03. The molecule has 1 heterocycles. The molecule has 0 aromatic heterocycles. The second-order valence-corrected chi connectivity index (χ2v) is 4.36. The van der Waals surface area contributed by atoms with Crippen LogP contribution in [0.3, 0.4) is 0 Å². The standard InChI is InChI=1S/C12H16ClNO3/c13-9-7-10-12(17-6-2-5-16-10)8(11(9)15)3-1-4-14/h7,15H,1-6,14H2. The van der Waals surface area contributed by atoms with Gasteiger partial charge in [-0.1, -0.05) is 11.6 Å². The number of phenolic OH excluding ortho intramolecular Hbond substituents is 1. The highest BCUT2D eigenvalue weighted by Gasteiger charge is 2.20. The minimum absolute atomic E-state index is 0.0735. The molecule has 17 heavy (non-hydrogen) atoms. The van der Waals surface area contributed by atoms with Gasteiger partial charge in [0.2, 0.25) is 0 Å². The van der Waals surface area contributed by atoms with Gasteiger partial charge in [-0.25, -0.2) is 0 Å². The van der Waals surface area contributed by atoms with Crippen molar-refractivity contribution in [1.29, 1.82) is 0 Å². The summed E-state index contributed by atoms with van der Waals surface area (Å²) < 4.78 is 11.2. The van der Waals surface area contributed by atoms with E-state index >= 15 is 0 Å². The Labute approximate surface area is 105 Å². The highest BCUT2D eigenvalue weighted by molar-refractivity contribution is 6.32. The summed E-state index contributed by atoms with van der Waals surface area (Å²) in [6.45, 7) is 1.75. The number of rotatable bonds is 3. The Balaban J connectivity index is 2.42. The lowest BCUT2D eigenvalue weighted by molar-refractivity contribution is 0.295. The van der Waals surface area contributed by atoms with E-state index in [1.807, 2.05) is 0 Å². The van der Waals surface area contributed by atoms with Crippen LogP contribution in [0.2, 0.25) is 5.02 Å². The molecule has 1 aromatic carbocycles. The maximum absolute atomic E-state index is 9.96. The van der Waals surface area contributed by atoms with Crippen molar-refractivity contribution in [2.75, 3.05) is 19.8 Å². The molecule has 3 N–H and O–H groups in total. The summed E-state index contributed by atoms with van der Waals surface area (Å²) in [6.07, 6.45) is 2.22. The predicted octanol–water partition coefficient (Wildman–Crippen LogP) is 2.10. The van der Waals surface area contributed by atoms with Gasteiger partial charge in [0.05, 0.1) is 18.2 Å². The van der Waals surface area contributed by atoms with Gasteiger partial charge < -0.3 is 20.3 Å². The maximum atomic E-state index is 9.96. The molecule has 0 spiro atoms. The summed E-state index contributed by atoms with van der Waals surface area (Å²) in [5.74, 6) is 1.29. The maximum Gasteiger partial charge on any atom is 0.168 e. The van der Waals surface area contributed by atoms with E-state index in [9.17, 15) is 5.11 Å². The summed E-state index contributed by atoms with van der Waals surface area (Å²) in [5.41, 5.74) is 6.18. The lowest BCUT2D eigenvalue weighted by Gasteiger charge is -2.15. The van der Waals surface area contributed by atoms with Crippen molar-refractivity contribution in [3.8, 4) is 17.2 Å². The Kier molecular flexibility index (Phi) is 3.97. The van der Waals surface area contributed by atoms with Crippen molar-refractivity contribution in [3.63, 3.8) is 0 Å². The van der Waals surface area contributed by atoms with E-state index in [1.54, 1.807) is 6.07 Å². The second-order valence-electron chi connectivity index (χ2n) is 3.96. The van der Waals surface area contributed by atoms with Gasteiger partial charge in [-0.3, -0.25) is 0 Å². The molecule has 4 nitrogen and oxygen atoms in total. The van der Waals surface area contributed by atoms with Gasteiger partial charge in [0.25, 0.3) is 0 Å². The summed E-state index contributed by atoms with van der Waals surface area (Å²) in [6, 6.07) is 1.60. The fraction of sp³-hybridized carbons (Fsp3) is 0.500. The minimum Gasteiger partial charge on any atom is -0.506 e. The summed E-state index contributed by atoms with van der Waals surface area (Å²) >= 11 is 5.97. The van der Waals surface area contributed by atoms with Gasteiger partial charge in [0, 0.05) is 18.1 Å². The van der Waals surface area contributed by atoms with Crippen molar-refractivity contribution in [1.82, 2.24) is 0 Å². The van der Waals surface area contributed by atoms with Gasteiger partial charge in [-0.05, 0) is 19.4 Å². The van der Waals surface area contributed by atoms with Crippen LogP contribution in [-0.2, 0) is 6.42 Å². The monoisotopic (exact) mass is 257 g/mol. The largest absolute Gasteiger partial charge is 0.506 e. The Morgan fingerprint density at radius 2 is 2.12 bits per heavy atom. The Bertz CT molecular complexity index is 409. The van der Waals surface area contributed by atoms with E-state index in [1.165, 1.54) is 0 Å². The summed E-state index contributed by atoms with van der Waals surface area (Å²) in [7, 11) is 0. The number of hydrogen-bond donors (Lipinski definition) is 2. The first-order valence-corrected chi connectivity index (χ1v) is 6.12. The third-order valence-corrected chi connectivity index (χ3v) is 2.98. The first-order valence-electron chi connectivity index (χ1n) is 5.74. The van der Waals surface area contributed by atoms with Crippen molar-refractivity contribution in [2.24, 2.45) is 5.73 Å². The van der Waals surface area contributed by atoms with Gasteiger partial charge >= 0.3 is 0 Å². The fourth-order valence-electron chi connectivity index (χ4n) is 1.84. The fourth-order valence-corrected chi connectivity index (χ4v) is 2.05. The van der Waals surface area contributed by atoms with E-state index in [-0.39, 0.29) is 5.75 Å². The number of nitrogens with two attached hydrogens (primary N) is 1. The molecular weight excluding hydrogens is 242 g/mol. The van der Waals surface area contributed by atoms with Crippen LogP contribution in [0.4, 0.5) is 0 Å². The van der Waals surface area contributed by atoms with Crippen LogP contribution in [0.25, 0.3) is 0 Å². The molecule has 1 aliphatic heterocycles. The van der Waals surface area contributed by atoms with Crippen molar-refractivity contribution >= 4 is 11.6 Å². The number of halogens is 1. The third-order valence-electron chi connectivity index (χ3n) is 2.69. The van der Waals surface area contributed by atoms with Gasteiger partial charge in [-0.2, -0.15) is 0 Å². The third kappa shape index (κ3) is 2.58. The summed E-state index contributed by atoms with van der Waals surface area (Å²) in [5, 5.41) is 10.3. The smallest absolute Gasteiger partial charge is 0.168 e. The van der Waals surface area contributed by atoms with Crippen LogP contribution >= 0.6 is 11.6 Å². The molecule has 0 saturated heterocycles. The van der Waals surface area contributed by atoms with E-state index in [4.69, 9.17) is 26.8 Å². The van der Waals surface area contributed by atoms with Crippen molar-refractivity contribution in [3.05, 3.63) is 16.7 Å². The normalized spacial score (nSPS) is 14.5. The number of hydrogen-bond acceptors (Lipinski definition) is 4. The van der Waals surface area contributed by atoms with Crippen LogP contribution in [-0.4, -0.2) is 24.9 Å². The van der Waals surface area contributed by atoms with Crippen LogP contribution in [0.15, 0.2) is 6.07 Å². The highest BCUT2D eigenvalue weighted by atomic mass is 35.5. The Hall–Kier alpha value is -1.13. The number of ether oxygens (including phenoxy) is 2. The molecular formula is C12H16ClNO3. The minimum atomic E-state index is 0.0735. The molecule has 5 heteroatoms. The number of aromatic hydroxyl groups is 1. The molecule has 2 rings (SSSR count). The van der Waals surface area contributed by atoms with Crippen LogP contribution in [0, 0.1) is 0 Å². The first-order chi connectivity index (χ1) is 8.24. The first kappa shape index (κ1) is 12.3. The Morgan fingerprint density at radius 3 is 2.88 bits per heavy atom. The molecule has 0 bridgehead atoms. The quantitative estimate of drug-likeness (QED) is 0.870. The number of fused-ring (bicyclic) bond motifs is 1. The number of benzene rings is 1. The average Bonchev–Trinajstić information content (AvgIpc) is 2.55. The Morgan fingerprint density at radius 1 is 1.35 bits per heavy atom. The van der Waals surface area contributed by atoms with E-state index in [2.05, 4.69) is 0 Å². The molecule has 0 atom stereocenters. The van der Waals surface area contributed by atoms with Crippen molar-refractivity contribution < 1.29 is 14.6 Å². The molecule has 94 valence electrons. The van der Waals surface area contributed by atoms with Gasteiger partial charge in [0.1, 0.15) is 5.75 Å². The average molecular weight is 258 g/mol. The van der Waals surface area contributed by atoms with E-state index < -0.39 is 0 Å². The molecule has 0 saturated carbocycles. The van der Waals surface area contributed by atoms with Crippen molar-refractivity contribution in [2.45, 2.75) is 19.3 Å². The number of phenols is 1. The van der Waals surface area contributed by atoms with Gasteiger partial charge in [0.15, 0.2) is 11.5 Å². The van der Waals surface area contributed by atoms with Crippen LogP contribution in [0.5, 0.6) is 17.2 Å². The van der Waals surface area contributed by atoms with E-state index in [0.29, 0.717) is 48.3 Å². The predicted molar refractivity (Wildman–Crippen MR) is 66.1 cm³/mol. The van der Waals surface area contributed by atoms with Gasteiger partial charge in [-0.15, -0.1) is 0 Å². The van der Waals surface area contributed by atoms with Crippen LogP contribution in [0.1, 0.15) is 18.4 Å². The molecule has 1 aromatic rings. The molecule has 0 amide bonds. The zero-order chi connectivity index (χ0) is 12.3. The topological polar surface area (TPSA) is 64.7 Å². The highest BCUT2D eigenvalue weighted by Crippen LogP contribution is 2.43. The van der Waals surface area contributed by atoms with E-state index in [0.717, 1.165) is 12.8 Å². The molecule has 0 aliphatic carbocycles.